The molecule has 2 N–H and O–H groups in total. The molecule has 0 saturated heterocycles. The molecule has 108 valence electrons. The van der Waals surface area contributed by atoms with Crippen molar-refractivity contribution in [3.05, 3.63) is 58.1 Å². The van der Waals surface area contributed by atoms with Gasteiger partial charge in [-0.15, -0.1) is 0 Å². The van der Waals surface area contributed by atoms with Crippen LogP contribution >= 0.6 is 0 Å². The summed E-state index contributed by atoms with van der Waals surface area (Å²) in [7, 11) is 1.54. The first kappa shape index (κ1) is 14.3. The average molecular weight is 288 g/mol. The molecule has 0 atom stereocenters. The summed E-state index contributed by atoms with van der Waals surface area (Å²) in [5, 5.41) is 10.7. The fourth-order valence-electron chi connectivity index (χ4n) is 1.68. The van der Waals surface area contributed by atoms with E-state index in [0.29, 0.717) is 11.5 Å². The van der Waals surface area contributed by atoms with Gasteiger partial charge in [-0.05, 0) is 30.3 Å². The van der Waals surface area contributed by atoms with Gasteiger partial charge in [0, 0.05) is 12.1 Å². The van der Waals surface area contributed by atoms with Gasteiger partial charge in [-0.1, -0.05) is 0 Å². The van der Waals surface area contributed by atoms with Gasteiger partial charge < -0.3 is 15.2 Å². The molecule has 0 aliphatic carbocycles. The molecule has 0 aliphatic rings. The third-order valence-electron chi connectivity index (χ3n) is 2.73. The number of nitrogens with two attached hydrogens (primary N) is 1. The molecule has 0 bridgehead atoms. The Hall–Kier alpha value is -3.09. The second-order valence-electron chi connectivity index (χ2n) is 4.08. The minimum absolute atomic E-state index is 0.0555. The predicted octanol–water partition coefficient (Wildman–Crippen LogP) is 2.49. The minimum Gasteiger partial charge on any atom is -0.497 e. The zero-order valence-corrected chi connectivity index (χ0v) is 11.1. The number of carbonyl (C=O) groups is 1. The first-order chi connectivity index (χ1) is 10.0. The topological polar surface area (TPSA) is 105 Å². The summed E-state index contributed by atoms with van der Waals surface area (Å²) in [5.41, 5.74) is 4.94. The number of benzene rings is 2. The van der Waals surface area contributed by atoms with Crippen molar-refractivity contribution in [1.29, 1.82) is 0 Å². The molecule has 7 nitrogen and oxygen atoms in total. The number of hydrogen-bond donors (Lipinski definition) is 1. The highest BCUT2D eigenvalue weighted by molar-refractivity contribution is 5.96. The van der Waals surface area contributed by atoms with Crippen molar-refractivity contribution < 1.29 is 19.2 Å². The largest absolute Gasteiger partial charge is 0.497 e. The zero-order chi connectivity index (χ0) is 15.4. The second-order valence-corrected chi connectivity index (χ2v) is 4.08. The Bertz CT molecular complexity index is 682. The Morgan fingerprint density at radius 1 is 1.14 bits per heavy atom. The number of nitro benzene ring substituents is 1. The summed E-state index contributed by atoms with van der Waals surface area (Å²) in [6.45, 7) is 0. The van der Waals surface area contributed by atoms with Crippen LogP contribution in [0.4, 0.5) is 5.69 Å². The molecule has 2 rings (SSSR count). The van der Waals surface area contributed by atoms with Gasteiger partial charge in [0.15, 0.2) is 0 Å². The molecule has 7 heteroatoms. The van der Waals surface area contributed by atoms with E-state index < -0.39 is 10.8 Å². The van der Waals surface area contributed by atoms with Crippen molar-refractivity contribution in [3.8, 4) is 17.2 Å². The second kappa shape index (κ2) is 5.91. The highest BCUT2D eigenvalue weighted by Gasteiger charge is 2.16. The fraction of sp³-hybridized carbons (Fsp3) is 0.0714. The maximum atomic E-state index is 11.4. The van der Waals surface area contributed by atoms with E-state index in [1.807, 2.05) is 0 Å². The quantitative estimate of drug-likeness (QED) is 0.672. The van der Waals surface area contributed by atoms with Gasteiger partial charge in [-0.2, -0.15) is 0 Å². The van der Waals surface area contributed by atoms with Crippen molar-refractivity contribution in [2.45, 2.75) is 0 Å². The Kier molecular flexibility index (Phi) is 4.03. The van der Waals surface area contributed by atoms with Crippen molar-refractivity contribution >= 4 is 11.6 Å². The lowest BCUT2D eigenvalue weighted by atomic mass is 10.1. The zero-order valence-electron chi connectivity index (χ0n) is 11.1. The maximum absolute atomic E-state index is 11.4. The molecule has 0 fully saturated rings. The summed E-state index contributed by atoms with van der Waals surface area (Å²) in [6, 6.07) is 10.3. The third kappa shape index (κ3) is 3.27. The van der Waals surface area contributed by atoms with Crippen LogP contribution < -0.4 is 15.2 Å². The number of primary amides is 1. The van der Waals surface area contributed by atoms with Gasteiger partial charge in [0.25, 0.3) is 11.6 Å². The number of carbonyl (C=O) groups excluding carboxylic acids is 1. The molecule has 0 spiro atoms. The van der Waals surface area contributed by atoms with E-state index in [-0.39, 0.29) is 17.0 Å². The summed E-state index contributed by atoms with van der Waals surface area (Å²) in [4.78, 5) is 21.5. The number of non-ortho nitro benzene ring substituents is 1. The minimum atomic E-state index is -0.804. The standard InChI is InChI=1S/C14H12N2O5/c1-20-10-3-5-11(6-4-10)21-13-7-2-9(16(18)19)8-12(13)14(15)17/h2-8H,1H3,(H2,15,17). The first-order valence-electron chi connectivity index (χ1n) is 5.91. The van der Waals surface area contributed by atoms with Crippen LogP contribution in [0.2, 0.25) is 0 Å². The van der Waals surface area contributed by atoms with E-state index in [1.165, 1.54) is 19.2 Å². The molecule has 21 heavy (non-hydrogen) atoms. The van der Waals surface area contributed by atoms with Crippen LogP contribution in [-0.4, -0.2) is 17.9 Å². The van der Waals surface area contributed by atoms with E-state index in [0.717, 1.165) is 6.07 Å². The summed E-state index contributed by atoms with van der Waals surface area (Å²) in [6.07, 6.45) is 0. The van der Waals surface area contributed by atoms with Crippen molar-refractivity contribution in [1.82, 2.24) is 0 Å². The maximum Gasteiger partial charge on any atom is 0.270 e. The molecule has 0 heterocycles. The lowest BCUT2D eigenvalue weighted by molar-refractivity contribution is -0.384. The van der Waals surface area contributed by atoms with Crippen LogP contribution in [0.5, 0.6) is 17.2 Å². The van der Waals surface area contributed by atoms with Crippen LogP contribution in [0.1, 0.15) is 10.4 Å². The molecule has 0 aromatic heterocycles. The van der Waals surface area contributed by atoms with Gasteiger partial charge >= 0.3 is 0 Å². The Labute approximate surface area is 120 Å². The number of hydrogen-bond acceptors (Lipinski definition) is 5. The normalized spacial score (nSPS) is 9.95. The van der Waals surface area contributed by atoms with Gasteiger partial charge in [0.1, 0.15) is 17.2 Å². The smallest absolute Gasteiger partial charge is 0.270 e. The Balaban J connectivity index is 2.34. The van der Waals surface area contributed by atoms with E-state index in [9.17, 15) is 14.9 Å². The number of nitrogens with zero attached hydrogens (tertiary/aromatic N) is 1. The lowest BCUT2D eigenvalue weighted by Gasteiger charge is -2.09. The molecule has 0 radical (unpaired) electrons. The fourth-order valence-corrected chi connectivity index (χ4v) is 1.68. The van der Waals surface area contributed by atoms with Gasteiger partial charge in [0.05, 0.1) is 17.6 Å². The van der Waals surface area contributed by atoms with E-state index in [1.54, 1.807) is 24.3 Å². The van der Waals surface area contributed by atoms with Gasteiger partial charge in [-0.3, -0.25) is 14.9 Å². The van der Waals surface area contributed by atoms with Crippen LogP contribution in [-0.2, 0) is 0 Å². The molecule has 2 aromatic rings. The molecule has 0 aliphatic heterocycles. The Morgan fingerprint density at radius 3 is 2.29 bits per heavy atom. The molecule has 1 amide bonds. The van der Waals surface area contributed by atoms with Crippen molar-refractivity contribution in [2.75, 3.05) is 7.11 Å². The van der Waals surface area contributed by atoms with E-state index >= 15 is 0 Å². The summed E-state index contributed by atoms with van der Waals surface area (Å²) in [5.74, 6) is 0.453. The number of methoxy groups -OCH3 is 1. The highest BCUT2D eigenvalue weighted by Crippen LogP contribution is 2.29. The molecule has 0 saturated carbocycles. The summed E-state index contributed by atoms with van der Waals surface area (Å²) >= 11 is 0. The molecule has 2 aromatic carbocycles. The predicted molar refractivity (Wildman–Crippen MR) is 74.7 cm³/mol. The molecular formula is C14H12N2O5. The SMILES string of the molecule is COc1ccc(Oc2ccc([N+](=O)[O-])cc2C(N)=O)cc1. The molecular weight excluding hydrogens is 276 g/mol. The van der Waals surface area contributed by atoms with Crippen LogP contribution in [0, 0.1) is 10.1 Å². The number of amides is 1. The lowest BCUT2D eigenvalue weighted by Crippen LogP contribution is -2.12. The third-order valence-corrected chi connectivity index (χ3v) is 2.73. The highest BCUT2D eigenvalue weighted by atomic mass is 16.6. The van der Waals surface area contributed by atoms with E-state index in [2.05, 4.69) is 0 Å². The Morgan fingerprint density at radius 2 is 1.76 bits per heavy atom. The number of ether oxygens (including phenoxy) is 2. The summed E-state index contributed by atoms with van der Waals surface area (Å²) < 4.78 is 10.5. The number of rotatable bonds is 5. The number of nitro groups is 1. The van der Waals surface area contributed by atoms with Crippen molar-refractivity contribution in [2.24, 2.45) is 5.73 Å². The van der Waals surface area contributed by atoms with Crippen LogP contribution in [0.25, 0.3) is 0 Å². The monoisotopic (exact) mass is 288 g/mol. The van der Waals surface area contributed by atoms with Gasteiger partial charge in [-0.25, -0.2) is 0 Å². The van der Waals surface area contributed by atoms with Crippen LogP contribution in [0.3, 0.4) is 0 Å². The first-order valence-corrected chi connectivity index (χ1v) is 5.91. The molecule has 0 unspecified atom stereocenters. The van der Waals surface area contributed by atoms with E-state index in [4.69, 9.17) is 15.2 Å². The average Bonchev–Trinajstić information content (AvgIpc) is 2.48. The van der Waals surface area contributed by atoms with Gasteiger partial charge in [0.2, 0.25) is 0 Å². The van der Waals surface area contributed by atoms with Crippen molar-refractivity contribution in [3.63, 3.8) is 0 Å². The van der Waals surface area contributed by atoms with Crippen LogP contribution in [0.15, 0.2) is 42.5 Å².